The van der Waals surface area contributed by atoms with Crippen LogP contribution in [0.3, 0.4) is 0 Å². The Morgan fingerprint density at radius 2 is 1.86 bits per heavy atom. The molecule has 6 rings (SSSR count). The molecule has 4 fully saturated rings. The van der Waals surface area contributed by atoms with E-state index in [2.05, 4.69) is 20.7 Å². The Balaban J connectivity index is 1.23. The second kappa shape index (κ2) is 7.32. The van der Waals surface area contributed by atoms with Crippen molar-refractivity contribution in [2.45, 2.75) is 50.9 Å². The fourth-order valence-corrected chi connectivity index (χ4v) is 6.19. The maximum atomic E-state index is 12.5. The third-order valence-electron chi connectivity index (χ3n) is 6.99. The van der Waals surface area contributed by atoms with E-state index < -0.39 is 0 Å². The molecular weight excluding hydrogens is 364 g/mol. The molecule has 4 bridgehead atoms. The number of nitrogens with one attached hydrogen (secondary N) is 2. The van der Waals surface area contributed by atoms with Crippen molar-refractivity contribution in [2.24, 2.45) is 22.9 Å². The Hall–Kier alpha value is -2.63. The van der Waals surface area contributed by atoms with Gasteiger partial charge in [0.2, 0.25) is 0 Å². The molecule has 4 saturated carbocycles. The Bertz CT molecular complexity index is 880. The quantitative estimate of drug-likeness (QED) is 0.575. The van der Waals surface area contributed by atoms with Crippen LogP contribution >= 0.6 is 0 Å². The summed E-state index contributed by atoms with van der Waals surface area (Å²) in [5.41, 5.74) is 5.27. The van der Waals surface area contributed by atoms with E-state index in [-0.39, 0.29) is 11.3 Å². The van der Waals surface area contributed by atoms with Crippen LogP contribution in [-0.2, 0) is 5.41 Å². The van der Waals surface area contributed by atoms with Crippen LogP contribution < -0.4 is 10.2 Å². The number of hydrogen-bond acceptors (Lipinski definition) is 4. The zero-order valence-electron chi connectivity index (χ0n) is 16.9. The molecular formula is C23H28N4O2. The van der Waals surface area contributed by atoms with E-state index in [9.17, 15) is 4.79 Å². The monoisotopic (exact) mass is 392 g/mol. The van der Waals surface area contributed by atoms with Crippen LogP contribution in [0.4, 0.5) is 0 Å². The van der Waals surface area contributed by atoms with Gasteiger partial charge in [0.05, 0.1) is 12.8 Å². The van der Waals surface area contributed by atoms with Crippen LogP contribution in [0.2, 0.25) is 0 Å². The third kappa shape index (κ3) is 3.56. The van der Waals surface area contributed by atoms with E-state index in [1.807, 2.05) is 37.3 Å². The molecule has 1 aromatic heterocycles. The van der Waals surface area contributed by atoms with Crippen molar-refractivity contribution in [3.8, 4) is 5.75 Å². The summed E-state index contributed by atoms with van der Waals surface area (Å²) in [6.07, 6.45) is 9.58. The van der Waals surface area contributed by atoms with Gasteiger partial charge in [-0.25, -0.2) is 5.43 Å². The predicted molar refractivity (Wildman–Crippen MR) is 111 cm³/mol. The first-order valence-electron chi connectivity index (χ1n) is 10.8. The van der Waals surface area contributed by atoms with Crippen molar-refractivity contribution in [3.05, 3.63) is 47.3 Å². The number of hydrogen-bond donors (Lipinski definition) is 2. The van der Waals surface area contributed by atoms with Crippen LogP contribution in [-0.4, -0.2) is 28.9 Å². The van der Waals surface area contributed by atoms with Gasteiger partial charge in [-0.1, -0.05) is 0 Å². The van der Waals surface area contributed by atoms with Gasteiger partial charge >= 0.3 is 0 Å². The van der Waals surface area contributed by atoms with Crippen molar-refractivity contribution in [1.29, 1.82) is 0 Å². The highest BCUT2D eigenvalue weighted by atomic mass is 16.5. The topological polar surface area (TPSA) is 79.4 Å². The zero-order valence-corrected chi connectivity index (χ0v) is 16.9. The molecule has 1 amide bonds. The van der Waals surface area contributed by atoms with Gasteiger partial charge in [-0.3, -0.25) is 9.89 Å². The van der Waals surface area contributed by atoms with E-state index in [4.69, 9.17) is 4.74 Å². The maximum Gasteiger partial charge on any atom is 0.291 e. The zero-order chi connectivity index (χ0) is 19.8. The van der Waals surface area contributed by atoms with Crippen LogP contribution in [0.5, 0.6) is 5.75 Å². The summed E-state index contributed by atoms with van der Waals surface area (Å²) in [7, 11) is 0. The molecule has 0 saturated heterocycles. The summed E-state index contributed by atoms with van der Waals surface area (Å²) in [6.45, 7) is 2.59. The van der Waals surface area contributed by atoms with Crippen molar-refractivity contribution in [3.63, 3.8) is 0 Å². The molecule has 2 aromatic rings. The average molecular weight is 393 g/mol. The molecule has 4 aliphatic rings. The standard InChI is InChI=1S/C23H28N4O2/c1-2-29-19-5-3-15(4-6-19)14-24-27-22(28)20-10-21(26-25-20)23-11-16-7-17(12-23)9-18(8-16)13-23/h3-6,10,14,16-18H,2,7-9,11-13H2,1H3,(H,25,26)(H,27,28)/b24-14+. The fraction of sp³-hybridized carbons (Fsp3) is 0.522. The number of benzene rings is 1. The van der Waals surface area contributed by atoms with E-state index in [0.29, 0.717) is 12.3 Å². The van der Waals surface area contributed by atoms with Crippen LogP contribution in [0.1, 0.15) is 67.2 Å². The number of ether oxygens (including phenoxy) is 1. The van der Waals surface area contributed by atoms with Crippen molar-refractivity contribution < 1.29 is 9.53 Å². The Morgan fingerprint density at radius 1 is 1.21 bits per heavy atom. The number of carbonyl (C=O) groups excluding carboxylic acids is 1. The minimum Gasteiger partial charge on any atom is -0.494 e. The first kappa shape index (κ1) is 18.4. The molecule has 0 radical (unpaired) electrons. The molecule has 2 N–H and O–H groups in total. The van der Waals surface area contributed by atoms with E-state index >= 15 is 0 Å². The molecule has 6 heteroatoms. The second-order valence-corrected chi connectivity index (χ2v) is 9.07. The number of rotatable bonds is 6. The minimum atomic E-state index is -0.278. The smallest absolute Gasteiger partial charge is 0.291 e. The summed E-state index contributed by atoms with van der Waals surface area (Å²) in [5.74, 6) is 3.13. The molecule has 1 aromatic carbocycles. The van der Waals surface area contributed by atoms with Crippen molar-refractivity contribution in [2.75, 3.05) is 6.61 Å². The van der Waals surface area contributed by atoms with Crippen molar-refractivity contribution in [1.82, 2.24) is 15.6 Å². The van der Waals surface area contributed by atoms with Crippen molar-refractivity contribution >= 4 is 12.1 Å². The molecule has 0 unspecified atom stereocenters. The van der Waals surface area contributed by atoms with Gasteiger partial charge in [0, 0.05) is 11.1 Å². The normalized spacial score (nSPS) is 30.0. The molecule has 0 aliphatic heterocycles. The second-order valence-electron chi connectivity index (χ2n) is 9.07. The van der Waals surface area contributed by atoms with E-state index in [1.165, 1.54) is 38.5 Å². The highest BCUT2D eigenvalue weighted by Gasteiger charge is 2.52. The van der Waals surface area contributed by atoms with E-state index in [0.717, 1.165) is 34.8 Å². The molecule has 29 heavy (non-hydrogen) atoms. The summed E-state index contributed by atoms with van der Waals surface area (Å²) < 4.78 is 5.43. The molecule has 1 heterocycles. The molecule has 152 valence electrons. The number of H-pyrrole nitrogens is 1. The Labute approximate surface area is 171 Å². The predicted octanol–water partition coefficient (Wildman–Crippen LogP) is 4.04. The van der Waals surface area contributed by atoms with Crippen LogP contribution in [0.25, 0.3) is 0 Å². The summed E-state index contributed by atoms with van der Waals surface area (Å²) in [5, 5.41) is 11.6. The SMILES string of the molecule is CCOc1ccc(/C=N/NC(=O)c2cc(C34CC5CC(CC(C5)C3)C4)[nH]n2)cc1. The number of carbonyl (C=O) groups is 1. The number of aromatic nitrogens is 2. The highest BCUT2D eigenvalue weighted by Crippen LogP contribution is 2.60. The number of amides is 1. The van der Waals surface area contributed by atoms with Gasteiger partial charge in [0.15, 0.2) is 5.69 Å². The average Bonchev–Trinajstić information content (AvgIpc) is 3.20. The third-order valence-corrected chi connectivity index (χ3v) is 6.99. The van der Waals surface area contributed by atoms with Gasteiger partial charge in [-0.05, 0) is 99.1 Å². The lowest BCUT2D eigenvalue weighted by Gasteiger charge is -2.56. The minimum absolute atomic E-state index is 0.214. The van der Waals surface area contributed by atoms with Gasteiger partial charge in [0.25, 0.3) is 5.91 Å². The summed E-state index contributed by atoms with van der Waals surface area (Å²) >= 11 is 0. The fourth-order valence-electron chi connectivity index (χ4n) is 6.19. The largest absolute Gasteiger partial charge is 0.494 e. The van der Waals surface area contributed by atoms with Gasteiger partial charge in [0.1, 0.15) is 5.75 Å². The first-order valence-corrected chi connectivity index (χ1v) is 10.8. The molecule has 0 spiro atoms. The first-order chi connectivity index (χ1) is 14.1. The lowest BCUT2D eigenvalue weighted by molar-refractivity contribution is -0.00721. The molecule has 4 aliphatic carbocycles. The lowest BCUT2D eigenvalue weighted by atomic mass is 9.49. The van der Waals surface area contributed by atoms with Crippen LogP contribution in [0, 0.1) is 17.8 Å². The number of hydrazone groups is 1. The Kier molecular flexibility index (Phi) is 4.64. The molecule has 6 nitrogen and oxygen atoms in total. The van der Waals surface area contributed by atoms with Crippen LogP contribution in [0.15, 0.2) is 35.4 Å². The Morgan fingerprint density at radius 3 is 2.48 bits per heavy atom. The summed E-state index contributed by atoms with van der Waals surface area (Å²) in [4.78, 5) is 12.5. The molecule has 0 atom stereocenters. The number of aromatic amines is 1. The van der Waals surface area contributed by atoms with Gasteiger partial charge in [-0.15, -0.1) is 0 Å². The maximum absolute atomic E-state index is 12.5. The lowest BCUT2D eigenvalue weighted by Crippen LogP contribution is -2.48. The van der Waals surface area contributed by atoms with Gasteiger partial charge in [-0.2, -0.15) is 10.2 Å². The van der Waals surface area contributed by atoms with Gasteiger partial charge < -0.3 is 4.74 Å². The summed E-state index contributed by atoms with van der Waals surface area (Å²) in [6, 6.07) is 9.53. The highest BCUT2D eigenvalue weighted by molar-refractivity contribution is 5.93. The van der Waals surface area contributed by atoms with E-state index in [1.54, 1.807) is 6.21 Å². The number of nitrogens with zero attached hydrogens (tertiary/aromatic N) is 2.